The van der Waals surface area contributed by atoms with Gasteiger partial charge in [0.1, 0.15) is 6.61 Å². The molecule has 1 N–H and O–H groups in total. The van der Waals surface area contributed by atoms with E-state index in [0.717, 1.165) is 0 Å². The Morgan fingerprint density at radius 3 is 2.06 bits per heavy atom. The van der Waals surface area contributed by atoms with Crippen LogP contribution >= 0.6 is 15.6 Å². The average molecular weight is 305 g/mol. The second-order valence-corrected chi connectivity index (χ2v) is 5.18. The van der Waals surface area contributed by atoms with E-state index in [4.69, 9.17) is 5.21 Å². The number of carbonyl (C=O) groups excluding carboxylic acids is 1. The molecule has 0 bridgehead atoms. The zero-order chi connectivity index (χ0) is 14.4. The molecule has 0 saturated heterocycles. The van der Waals surface area contributed by atoms with E-state index in [2.05, 4.69) is 9.05 Å². The zero-order valence-electron chi connectivity index (χ0n) is 8.79. The van der Waals surface area contributed by atoms with Crippen LogP contribution in [0, 0.1) is 0 Å². The zero-order valence-corrected chi connectivity index (χ0v) is 10.6. The average Bonchev–Trinajstić information content (AvgIpc) is 2.18. The van der Waals surface area contributed by atoms with Crippen molar-refractivity contribution in [3.05, 3.63) is 0 Å². The summed E-state index contributed by atoms with van der Waals surface area (Å²) in [7, 11) is -10.4. The van der Waals surface area contributed by atoms with Crippen molar-refractivity contribution >= 4 is 21.6 Å². The summed E-state index contributed by atoms with van der Waals surface area (Å²) in [5, 5.41) is 8.97. The fraction of sp³-hybridized carbons (Fsp3) is 0.800. The Morgan fingerprint density at radius 1 is 1.11 bits per heavy atom. The van der Waals surface area contributed by atoms with E-state index in [1.54, 1.807) is 0 Å². The molecule has 0 aromatic heterocycles. The molecule has 0 heterocycles. The van der Waals surface area contributed by atoms with Gasteiger partial charge in [-0.15, -0.1) is 0 Å². The first-order valence-corrected chi connectivity index (χ1v) is 7.26. The Bertz CT molecular complexity index is 359. The van der Waals surface area contributed by atoms with Crippen molar-refractivity contribution in [3.63, 3.8) is 0 Å². The first-order valence-electron chi connectivity index (χ1n) is 4.34. The van der Waals surface area contributed by atoms with Gasteiger partial charge in [-0.2, -0.15) is 0 Å². The summed E-state index contributed by atoms with van der Waals surface area (Å²) in [6.07, 6.45) is -0.205. The highest BCUT2D eigenvalue weighted by Crippen LogP contribution is 2.25. The minimum atomic E-state index is -5.32. The van der Waals surface area contributed by atoms with Crippen LogP contribution in [0.3, 0.4) is 0 Å². The van der Waals surface area contributed by atoms with E-state index in [-0.39, 0.29) is 11.5 Å². The molecule has 0 aromatic carbocycles. The normalized spacial score (nSPS) is 12.5. The van der Waals surface area contributed by atoms with Crippen LogP contribution in [0.15, 0.2) is 0 Å². The highest BCUT2D eigenvalue weighted by molar-refractivity contribution is 7.43. The summed E-state index contributed by atoms with van der Waals surface area (Å²) >= 11 is 0. The van der Waals surface area contributed by atoms with Gasteiger partial charge in [0.2, 0.25) is 0 Å². The fourth-order valence-corrected chi connectivity index (χ4v) is 1.35. The molecule has 0 aliphatic rings. The number of hydrogen-bond acceptors (Lipinski definition) is 10. The lowest BCUT2D eigenvalue weighted by Crippen LogP contribution is -2.33. The standard InChI is InChI=1S/C5H13NO10P2/c7-5(4-16-18(12,13)14)6(8)2-1-3-15-17(9,10)11/h8H,1-4H2,(H2,9,10,11)(H2,12,13,14)/p-4. The molecule has 13 heteroatoms. The first-order chi connectivity index (χ1) is 8.01. The minimum absolute atomic E-state index is 0.000443. The SMILES string of the molecule is O=C(COP(=O)([O-])[O-])N(O)CCCOP(=O)([O-])[O-]. The number of amides is 1. The topological polar surface area (TPSA) is 185 Å². The molecular weight excluding hydrogens is 296 g/mol. The maximum atomic E-state index is 10.9. The van der Waals surface area contributed by atoms with Gasteiger partial charge in [0.05, 0.1) is 28.8 Å². The van der Waals surface area contributed by atoms with E-state index in [1.807, 2.05) is 0 Å². The third kappa shape index (κ3) is 10.8. The van der Waals surface area contributed by atoms with Gasteiger partial charge in [-0.3, -0.25) is 10.0 Å². The van der Waals surface area contributed by atoms with Gasteiger partial charge in [-0.25, -0.2) is 5.06 Å². The molecule has 0 spiro atoms. The van der Waals surface area contributed by atoms with Gasteiger partial charge in [-0.1, -0.05) is 0 Å². The summed E-state index contributed by atoms with van der Waals surface area (Å²) in [4.78, 5) is 50.9. The molecule has 0 radical (unpaired) electrons. The Morgan fingerprint density at radius 2 is 1.61 bits per heavy atom. The number of phosphoric acid groups is 2. The first kappa shape index (κ1) is 17.6. The number of carbonyl (C=O) groups is 1. The lowest BCUT2D eigenvalue weighted by molar-refractivity contribution is -0.343. The predicted molar refractivity (Wildman–Crippen MR) is 45.2 cm³/mol. The van der Waals surface area contributed by atoms with Gasteiger partial charge in [0.25, 0.3) is 5.91 Å². The maximum Gasteiger partial charge on any atom is 0.272 e. The number of phosphoric ester groups is 2. The summed E-state index contributed by atoms with van der Waals surface area (Å²) in [5.41, 5.74) is 0. The number of nitrogens with zero attached hydrogens (tertiary/aromatic N) is 1. The van der Waals surface area contributed by atoms with Crippen LogP contribution in [0.4, 0.5) is 0 Å². The van der Waals surface area contributed by atoms with Crippen molar-refractivity contribution in [2.75, 3.05) is 19.8 Å². The molecular formula is C5H9NO10P2-4. The second kappa shape index (κ2) is 7.29. The van der Waals surface area contributed by atoms with Crippen LogP contribution in [-0.4, -0.2) is 35.9 Å². The minimum Gasteiger partial charge on any atom is -0.790 e. The van der Waals surface area contributed by atoms with Gasteiger partial charge < -0.3 is 37.8 Å². The highest BCUT2D eigenvalue weighted by atomic mass is 31.2. The van der Waals surface area contributed by atoms with Crippen molar-refractivity contribution in [2.45, 2.75) is 6.42 Å². The summed E-state index contributed by atoms with van der Waals surface area (Å²) in [6, 6.07) is 0. The van der Waals surface area contributed by atoms with E-state index in [0.29, 0.717) is 0 Å². The molecule has 0 atom stereocenters. The smallest absolute Gasteiger partial charge is 0.272 e. The molecule has 0 aliphatic carbocycles. The number of hydrogen-bond donors (Lipinski definition) is 1. The molecule has 18 heavy (non-hydrogen) atoms. The van der Waals surface area contributed by atoms with Gasteiger partial charge in [0.15, 0.2) is 0 Å². The van der Waals surface area contributed by atoms with Gasteiger partial charge >= 0.3 is 0 Å². The largest absolute Gasteiger partial charge is 0.790 e. The number of rotatable bonds is 8. The molecule has 0 rings (SSSR count). The van der Waals surface area contributed by atoms with Gasteiger partial charge in [-0.05, 0) is 6.42 Å². The summed E-state index contributed by atoms with van der Waals surface area (Å²) in [5.74, 6) is -1.23. The van der Waals surface area contributed by atoms with Gasteiger partial charge in [0, 0.05) is 0 Å². The predicted octanol–water partition coefficient (Wildman–Crippen LogP) is -3.72. The maximum absolute atomic E-state index is 10.9. The Balaban J connectivity index is 3.82. The third-order valence-electron chi connectivity index (χ3n) is 1.40. The fourth-order valence-electron chi connectivity index (χ4n) is 0.724. The third-order valence-corrected chi connectivity index (χ3v) is 2.34. The number of hydroxylamine groups is 2. The van der Waals surface area contributed by atoms with Crippen LogP contribution in [0.5, 0.6) is 0 Å². The monoisotopic (exact) mass is 305 g/mol. The Hall–Kier alpha value is -0.350. The van der Waals surface area contributed by atoms with Crippen molar-refractivity contribution < 1.29 is 47.8 Å². The van der Waals surface area contributed by atoms with E-state index >= 15 is 0 Å². The van der Waals surface area contributed by atoms with Crippen LogP contribution < -0.4 is 19.6 Å². The second-order valence-electron chi connectivity index (χ2n) is 2.87. The van der Waals surface area contributed by atoms with E-state index in [1.165, 1.54) is 0 Å². The molecule has 108 valence electrons. The van der Waals surface area contributed by atoms with Crippen molar-refractivity contribution in [1.82, 2.24) is 5.06 Å². The highest BCUT2D eigenvalue weighted by Gasteiger charge is 2.11. The summed E-state index contributed by atoms with van der Waals surface area (Å²) < 4.78 is 27.4. The van der Waals surface area contributed by atoms with Crippen LogP contribution in [-0.2, 0) is 23.0 Å². The Labute approximate surface area is 101 Å². The molecule has 0 saturated carbocycles. The molecule has 0 aromatic rings. The van der Waals surface area contributed by atoms with E-state index < -0.39 is 41.3 Å². The molecule has 1 amide bonds. The molecule has 0 aliphatic heterocycles. The van der Waals surface area contributed by atoms with Crippen molar-refractivity contribution in [2.24, 2.45) is 0 Å². The summed E-state index contributed by atoms with van der Waals surface area (Å²) in [6.45, 7) is -2.18. The Kier molecular flexibility index (Phi) is 7.15. The van der Waals surface area contributed by atoms with E-state index in [9.17, 15) is 33.5 Å². The van der Waals surface area contributed by atoms with Crippen LogP contribution in [0.25, 0.3) is 0 Å². The lowest BCUT2D eigenvalue weighted by atomic mass is 10.4. The van der Waals surface area contributed by atoms with Crippen molar-refractivity contribution in [3.8, 4) is 0 Å². The quantitative estimate of drug-likeness (QED) is 0.202. The lowest BCUT2D eigenvalue weighted by Gasteiger charge is -2.29. The van der Waals surface area contributed by atoms with Crippen molar-refractivity contribution in [1.29, 1.82) is 0 Å². The van der Waals surface area contributed by atoms with Crippen LogP contribution in [0.1, 0.15) is 6.42 Å². The van der Waals surface area contributed by atoms with Crippen LogP contribution in [0.2, 0.25) is 0 Å². The molecule has 11 nitrogen and oxygen atoms in total. The molecule has 0 unspecified atom stereocenters. The molecule has 0 fully saturated rings.